The number of carbonyl (C=O) groups is 1. The Balaban J connectivity index is 1.32. The smallest absolute Gasteiger partial charge is 0.321 e. The van der Waals surface area contributed by atoms with Gasteiger partial charge in [-0.1, -0.05) is 35.3 Å². The predicted octanol–water partition coefficient (Wildman–Crippen LogP) is 5.01. The summed E-state index contributed by atoms with van der Waals surface area (Å²) in [6.07, 6.45) is 3.10. The van der Waals surface area contributed by atoms with Gasteiger partial charge >= 0.3 is 6.03 Å². The van der Waals surface area contributed by atoms with Gasteiger partial charge in [0, 0.05) is 31.6 Å². The number of piperidine rings is 1. The fourth-order valence-corrected chi connectivity index (χ4v) is 3.42. The average Bonchev–Trinajstić information content (AvgIpc) is 2.71. The average molecular weight is 417 g/mol. The summed E-state index contributed by atoms with van der Waals surface area (Å²) < 4.78 is 5.97. The Morgan fingerprint density at radius 2 is 1.82 bits per heavy atom. The van der Waals surface area contributed by atoms with E-state index in [1.807, 2.05) is 24.3 Å². The Kier molecular flexibility index (Phi) is 5.50. The number of likely N-dealkylation sites (tertiary alicyclic amines) is 1. The molecular weight excluding hydrogens is 399 g/mol. The van der Waals surface area contributed by atoms with Gasteiger partial charge in [-0.25, -0.2) is 14.8 Å². The van der Waals surface area contributed by atoms with Crippen LogP contribution in [-0.4, -0.2) is 40.1 Å². The number of ether oxygens (including phenoxy) is 1. The second kappa shape index (κ2) is 8.20. The lowest BCUT2D eigenvalue weighted by Gasteiger charge is -2.31. The minimum absolute atomic E-state index is 0.00416. The number of benzene rings is 2. The topological polar surface area (TPSA) is 67.4 Å². The standard InChI is InChI=1S/C20H18Cl2N4O2/c21-15-6-5-13(11-16(15)22)24-20(27)26-9-7-14(8-10-26)28-19-12-23-17-3-1-2-4-18(17)25-19/h1-6,11-12,14H,7-10H2,(H,24,27). The van der Waals surface area contributed by atoms with E-state index in [4.69, 9.17) is 27.9 Å². The van der Waals surface area contributed by atoms with Crippen molar-refractivity contribution in [1.29, 1.82) is 0 Å². The fraction of sp³-hybridized carbons (Fsp3) is 0.250. The number of hydrogen-bond acceptors (Lipinski definition) is 4. The number of urea groups is 1. The number of rotatable bonds is 3. The minimum atomic E-state index is -0.165. The van der Waals surface area contributed by atoms with Crippen LogP contribution in [0.4, 0.5) is 10.5 Å². The number of anilines is 1. The first-order chi connectivity index (χ1) is 13.6. The van der Waals surface area contributed by atoms with Crippen molar-refractivity contribution in [2.24, 2.45) is 0 Å². The molecule has 1 aromatic heterocycles. The lowest BCUT2D eigenvalue weighted by molar-refractivity contribution is 0.111. The number of carbonyl (C=O) groups excluding carboxylic acids is 1. The Labute approximate surface area is 172 Å². The normalized spacial score (nSPS) is 14.9. The highest BCUT2D eigenvalue weighted by atomic mass is 35.5. The molecule has 0 unspecified atom stereocenters. The van der Waals surface area contributed by atoms with Gasteiger partial charge in [0.05, 0.1) is 27.3 Å². The van der Waals surface area contributed by atoms with Crippen LogP contribution in [0.25, 0.3) is 11.0 Å². The lowest BCUT2D eigenvalue weighted by atomic mass is 10.1. The van der Waals surface area contributed by atoms with Gasteiger partial charge in [-0.3, -0.25) is 0 Å². The van der Waals surface area contributed by atoms with E-state index in [-0.39, 0.29) is 12.1 Å². The van der Waals surface area contributed by atoms with Crippen molar-refractivity contribution in [3.8, 4) is 5.88 Å². The third kappa shape index (κ3) is 4.29. The molecule has 2 heterocycles. The third-order valence-electron chi connectivity index (χ3n) is 4.61. The van der Waals surface area contributed by atoms with Gasteiger partial charge in [-0.15, -0.1) is 0 Å². The first-order valence-corrected chi connectivity index (χ1v) is 9.73. The van der Waals surface area contributed by atoms with E-state index in [1.54, 1.807) is 29.3 Å². The van der Waals surface area contributed by atoms with Gasteiger partial charge in [0.25, 0.3) is 0 Å². The summed E-state index contributed by atoms with van der Waals surface area (Å²) in [5, 5.41) is 3.70. The molecule has 1 saturated heterocycles. The molecule has 0 atom stereocenters. The van der Waals surface area contributed by atoms with Crippen molar-refractivity contribution in [1.82, 2.24) is 14.9 Å². The Morgan fingerprint density at radius 3 is 2.57 bits per heavy atom. The Hall–Kier alpha value is -2.57. The van der Waals surface area contributed by atoms with Gasteiger partial charge in [-0.05, 0) is 30.3 Å². The molecule has 2 aromatic carbocycles. The SMILES string of the molecule is O=C(Nc1ccc(Cl)c(Cl)c1)N1CCC(Oc2cnc3ccccc3n2)CC1. The van der Waals surface area contributed by atoms with E-state index >= 15 is 0 Å². The quantitative estimate of drug-likeness (QED) is 0.651. The number of nitrogens with one attached hydrogen (secondary N) is 1. The minimum Gasteiger partial charge on any atom is -0.473 e. The first kappa shape index (κ1) is 18.8. The molecular formula is C20H18Cl2N4O2. The van der Waals surface area contributed by atoms with Crippen LogP contribution >= 0.6 is 23.2 Å². The van der Waals surface area contributed by atoms with E-state index in [0.717, 1.165) is 23.9 Å². The molecule has 144 valence electrons. The third-order valence-corrected chi connectivity index (χ3v) is 5.35. The van der Waals surface area contributed by atoms with E-state index in [9.17, 15) is 4.79 Å². The highest BCUT2D eigenvalue weighted by molar-refractivity contribution is 6.42. The monoisotopic (exact) mass is 416 g/mol. The largest absolute Gasteiger partial charge is 0.473 e. The molecule has 2 amide bonds. The highest BCUT2D eigenvalue weighted by Crippen LogP contribution is 2.25. The number of para-hydroxylation sites is 2. The summed E-state index contributed by atoms with van der Waals surface area (Å²) in [6.45, 7) is 1.19. The van der Waals surface area contributed by atoms with Crippen molar-refractivity contribution in [3.63, 3.8) is 0 Å². The van der Waals surface area contributed by atoms with Gasteiger partial charge in [-0.2, -0.15) is 0 Å². The fourth-order valence-electron chi connectivity index (χ4n) is 3.12. The molecule has 1 aliphatic heterocycles. The second-order valence-electron chi connectivity index (χ2n) is 6.56. The maximum Gasteiger partial charge on any atom is 0.321 e. The van der Waals surface area contributed by atoms with Crippen molar-refractivity contribution < 1.29 is 9.53 Å². The number of halogens is 2. The van der Waals surface area contributed by atoms with Crippen LogP contribution in [-0.2, 0) is 0 Å². The van der Waals surface area contributed by atoms with Crippen LogP contribution in [0.15, 0.2) is 48.7 Å². The lowest BCUT2D eigenvalue weighted by Crippen LogP contribution is -2.43. The molecule has 8 heteroatoms. The molecule has 1 aliphatic rings. The number of fused-ring (bicyclic) bond motifs is 1. The van der Waals surface area contributed by atoms with Crippen LogP contribution in [0.3, 0.4) is 0 Å². The Bertz CT molecular complexity index is 1010. The summed E-state index contributed by atoms with van der Waals surface area (Å²) in [5.41, 5.74) is 2.26. The predicted molar refractivity (Wildman–Crippen MR) is 110 cm³/mol. The van der Waals surface area contributed by atoms with Gasteiger partial charge in [0.2, 0.25) is 5.88 Å². The maximum absolute atomic E-state index is 12.5. The number of amides is 2. The molecule has 0 saturated carbocycles. The van der Waals surface area contributed by atoms with Crippen LogP contribution in [0.5, 0.6) is 5.88 Å². The second-order valence-corrected chi connectivity index (χ2v) is 7.37. The van der Waals surface area contributed by atoms with Gasteiger partial charge in [0.1, 0.15) is 6.10 Å². The number of aromatic nitrogens is 2. The van der Waals surface area contributed by atoms with Crippen molar-refractivity contribution >= 4 is 46.0 Å². The van der Waals surface area contributed by atoms with Crippen molar-refractivity contribution in [2.75, 3.05) is 18.4 Å². The van der Waals surface area contributed by atoms with Crippen LogP contribution in [0.1, 0.15) is 12.8 Å². The maximum atomic E-state index is 12.5. The zero-order valence-corrected chi connectivity index (χ0v) is 16.5. The summed E-state index contributed by atoms with van der Waals surface area (Å²) in [7, 11) is 0. The summed E-state index contributed by atoms with van der Waals surface area (Å²) in [5.74, 6) is 0.511. The molecule has 6 nitrogen and oxygen atoms in total. The summed E-state index contributed by atoms with van der Waals surface area (Å²) >= 11 is 11.9. The van der Waals surface area contributed by atoms with E-state index in [2.05, 4.69) is 15.3 Å². The molecule has 28 heavy (non-hydrogen) atoms. The van der Waals surface area contributed by atoms with Gasteiger partial charge < -0.3 is 15.0 Å². The molecule has 3 aromatic rings. The van der Waals surface area contributed by atoms with Crippen molar-refractivity contribution in [2.45, 2.75) is 18.9 Å². The molecule has 0 bridgehead atoms. The molecule has 1 N–H and O–H groups in total. The summed E-state index contributed by atoms with van der Waals surface area (Å²) in [4.78, 5) is 23.1. The first-order valence-electron chi connectivity index (χ1n) is 8.98. The molecule has 0 aliphatic carbocycles. The highest BCUT2D eigenvalue weighted by Gasteiger charge is 2.24. The molecule has 1 fully saturated rings. The number of nitrogens with zero attached hydrogens (tertiary/aromatic N) is 3. The molecule has 0 spiro atoms. The molecule has 4 rings (SSSR count). The van der Waals surface area contributed by atoms with Crippen LogP contribution in [0.2, 0.25) is 10.0 Å². The van der Waals surface area contributed by atoms with E-state index < -0.39 is 0 Å². The van der Waals surface area contributed by atoms with Crippen LogP contribution < -0.4 is 10.1 Å². The summed E-state index contributed by atoms with van der Waals surface area (Å²) in [6, 6.07) is 12.5. The molecule has 0 radical (unpaired) electrons. The van der Waals surface area contributed by atoms with E-state index in [0.29, 0.717) is 34.7 Å². The van der Waals surface area contributed by atoms with E-state index in [1.165, 1.54) is 0 Å². The zero-order valence-electron chi connectivity index (χ0n) is 14.9. The van der Waals surface area contributed by atoms with Crippen molar-refractivity contribution in [3.05, 3.63) is 58.7 Å². The Morgan fingerprint density at radius 1 is 1.07 bits per heavy atom. The van der Waals surface area contributed by atoms with Crippen LogP contribution in [0, 0.1) is 0 Å². The number of hydrogen-bond donors (Lipinski definition) is 1. The van der Waals surface area contributed by atoms with Gasteiger partial charge in [0.15, 0.2) is 0 Å². The zero-order chi connectivity index (χ0) is 19.5.